The van der Waals surface area contributed by atoms with Gasteiger partial charge in [-0.15, -0.1) is 0 Å². The smallest absolute Gasteiger partial charge is 0.159 e. The number of carbonyl (C=O) groups is 1. The average molecular weight is 232 g/mol. The standard InChI is InChI=1S/C14H20N2O/c1-10-9-16(11(2)8-15-10)14-6-4-13(5-7-14)12(3)17/h4-7,10-11,15H,8-9H2,1-3H3/t10-,11+/m1/s1. The summed E-state index contributed by atoms with van der Waals surface area (Å²) in [5, 5.41) is 3.47. The molecular weight excluding hydrogens is 212 g/mol. The van der Waals surface area contributed by atoms with Crippen LogP contribution in [0.25, 0.3) is 0 Å². The molecule has 0 radical (unpaired) electrons. The summed E-state index contributed by atoms with van der Waals surface area (Å²) in [4.78, 5) is 13.6. The monoisotopic (exact) mass is 232 g/mol. The van der Waals surface area contributed by atoms with Gasteiger partial charge in [0.15, 0.2) is 5.78 Å². The van der Waals surface area contributed by atoms with E-state index in [2.05, 4.69) is 24.1 Å². The summed E-state index contributed by atoms with van der Waals surface area (Å²) in [6, 6.07) is 8.93. The Kier molecular flexibility index (Phi) is 3.48. The zero-order valence-electron chi connectivity index (χ0n) is 10.7. The van der Waals surface area contributed by atoms with Crippen molar-refractivity contribution in [1.29, 1.82) is 0 Å². The van der Waals surface area contributed by atoms with E-state index in [0.29, 0.717) is 12.1 Å². The van der Waals surface area contributed by atoms with Crippen LogP contribution in [0.2, 0.25) is 0 Å². The number of hydrogen-bond donors (Lipinski definition) is 1. The summed E-state index contributed by atoms with van der Waals surface area (Å²) in [6.45, 7) is 8.04. The Labute approximate surface area is 103 Å². The second-order valence-corrected chi connectivity index (χ2v) is 4.91. The predicted octanol–water partition coefficient (Wildman–Crippen LogP) is 2.08. The van der Waals surface area contributed by atoms with E-state index in [1.807, 2.05) is 24.3 Å². The van der Waals surface area contributed by atoms with Gasteiger partial charge < -0.3 is 10.2 Å². The van der Waals surface area contributed by atoms with Crippen LogP contribution >= 0.6 is 0 Å². The van der Waals surface area contributed by atoms with Gasteiger partial charge in [0.2, 0.25) is 0 Å². The first-order valence-corrected chi connectivity index (χ1v) is 6.19. The second kappa shape index (κ2) is 4.88. The maximum atomic E-state index is 11.2. The lowest BCUT2D eigenvalue weighted by atomic mass is 10.1. The zero-order valence-corrected chi connectivity index (χ0v) is 10.7. The summed E-state index contributed by atoms with van der Waals surface area (Å²) in [5.74, 6) is 0.123. The molecule has 1 fully saturated rings. The molecule has 0 unspecified atom stereocenters. The van der Waals surface area contributed by atoms with E-state index in [4.69, 9.17) is 0 Å². The maximum Gasteiger partial charge on any atom is 0.159 e. The van der Waals surface area contributed by atoms with Crippen molar-refractivity contribution in [2.45, 2.75) is 32.9 Å². The molecule has 1 aliphatic rings. The molecule has 0 aromatic heterocycles. The number of anilines is 1. The van der Waals surface area contributed by atoms with Gasteiger partial charge in [-0.25, -0.2) is 0 Å². The lowest BCUT2D eigenvalue weighted by Crippen LogP contribution is -2.54. The molecule has 1 aromatic carbocycles. The molecule has 1 heterocycles. The van der Waals surface area contributed by atoms with Crippen LogP contribution in [-0.2, 0) is 0 Å². The van der Waals surface area contributed by atoms with Crippen LogP contribution < -0.4 is 10.2 Å². The van der Waals surface area contributed by atoms with Crippen LogP contribution in [0.15, 0.2) is 24.3 Å². The average Bonchev–Trinajstić information content (AvgIpc) is 2.32. The van der Waals surface area contributed by atoms with Crippen LogP contribution in [0.3, 0.4) is 0 Å². The summed E-state index contributed by atoms with van der Waals surface area (Å²) in [5.41, 5.74) is 1.99. The van der Waals surface area contributed by atoms with Crippen molar-refractivity contribution in [1.82, 2.24) is 5.32 Å². The summed E-state index contributed by atoms with van der Waals surface area (Å²) in [7, 11) is 0. The molecule has 1 aromatic rings. The number of ketones is 1. The lowest BCUT2D eigenvalue weighted by Gasteiger charge is -2.39. The molecule has 1 aliphatic heterocycles. The van der Waals surface area contributed by atoms with Crippen LogP contribution in [0.1, 0.15) is 31.1 Å². The molecule has 1 saturated heterocycles. The first-order chi connectivity index (χ1) is 8.08. The van der Waals surface area contributed by atoms with E-state index in [1.54, 1.807) is 6.92 Å². The minimum absolute atomic E-state index is 0.123. The highest BCUT2D eigenvalue weighted by Gasteiger charge is 2.22. The van der Waals surface area contributed by atoms with Gasteiger partial charge in [-0.05, 0) is 45.0 Å². The molecule has 0 spiro atoms. The van der Waals surface area contributed by atoms with Crippen LogP contribution in [-0.4, -0.2) is 31.0 Å². The number of piperazine rings is 1. The van der Waals surface area contributed by atoms with E-state index in [9.17, 15) is 4.79 Å². The Bertz CT molecular complexity index is 399. The van der Waals surface area contributed by atoms with Gasteiger partial charge in [-0.3, -0.25) is 4.79 Å². The highest BCUT2D eigenvalue weighted by atomic mass is 16.1. The van der Waals surface area contributed by atoms with E-state index < -0.39 is 0 Å². The first kappa shape index (κ1) is 12.1. The molecule has 0 bridgehead atoms. The van der Waals surface area contributed by atoms with Crippen molar-refractivity contribution in [2.75, 3.05) is 18.0 Å². The molecule has 2 atom stereocenters. The maximum absolute atomic E-state index is 11.2. The molecular formula is C14H20N2O. The third kappa shape index (κ3) is 2.67. The van der Waals surface area contributed by atoms with Crippen molar-refractivity contribution >= 4 is 11.5 Å². The van der Waals surface area contributed by atoms with E-state index in [-0.39, 0.29) is 5.78 Å². The van der Waals surface area contributed by atoms with Crippen molar-refractivity contribution in [2.24, 2.45) is 0 Å². The van der Waals surface area contributed by atoms with Crippen molar-refractivity contribution in [3.63, 3.8) is 0 Å². The quantitative estimate of drug-likeness (QED) is 0.792. The Balaban J connectivity index is 2.18. The molecule has 92 valence electrons. The van der Waals surface area contributed by atoms with Gasteiger partial charge in [0.05, 0.1) is 0 Å². The van der Waals surface area contributed by atoms with Crippen molar-refractivity contribution in [3.05, 3.63) is 29.8 Å². The molecule has 2 rings (SSSR count). The van der Waals surface area contributed by atoms with Crippen molar-refractivity contribution in [3.8, 4) is 0 Å². The molecule has 0 saturated carbocycles. The van der Waals surface area contributed by atoms with Gasteiger partial charge in [0.1, 0.15) is 0 Å². The van der Waals surface area contributed by atoms with Gasteiger partial charge >= 0.3 is 0 Å². The first-order valence-electron chi connectivity index (χ1n) is 6.19. The number of benzene rings is 1. The minimum Gasteiger partial charge on any atom is -0.366 e. The summed E-state index contributed by atoms with van der Waals surface area (Å²) >= 11 is 0. The Morgan fingerprint density at radius 3 is 2.53 bits per heavy atom. The number of nitrogens with zero attached hydrogens (tertiary/aromatic N) is 1. The fourth-order valence-corrected chi connectivity index (χ4v) is 2.27. The molecule has 3 nitrogen and oxygen atoms in total. The lowest BCUT2D eigenvalue weighted by molar-refractivity contribution is 0.101. The largest absolute Gasteiger partial charge is 0.366 e. The summed E-state index contributed by atoms with van der Waals surface area (Å²) < 4.78 is 0. The predicted molar refractivity (Wildman–Crippen MR) is 70.7 cm³/mol. The Morgan fingerprint density at radius 1 is 1.29 bits per heavy atom. The van der Waals surface area contributed by atoms with Gasteiger partial charge in [0.25, 0.3) is 0 Å². The zero-order chi connectivity index (χ0) is 12.4. The van der Waals surface area contributed by atoms with Crippen molar-refractivity contribution < 1.29 is 4.79 Å². The van der Waals surface area contributed by atoms with E-state index in [1.165, 1.54) is 5.69 Å². The summed E-state index contributed by atoms with van der Waals surface area (Å²) in [6.07, 6.45) is 0. The van der Waals surface area contributed by atoms with Gasteiger partial charge in [-0.1, -0.05) is 0 Å². The van der Waals surface area contributed by atoms with Crippen LogP contribution in [0.4, 0.5) is 5.69 Å². The molecule has 0 amide bonds. The highest BCUT2D eigenvalue weighted by molar-refractivity contribution is 5.94. The second-order valence-electron chi connectivity index (χ2n) is 4.91. The normalized spacial score (nSPS) is 24.8. The fraction of sp³-hybridized carbons (Fsp3) is 0.500. The Hall–Kier alpha value is -1.35. The topological polar surface area (TPSA) is 32.3 Å². The number of carbonyl (C=O) groups excluding carboxylic acids is 1. The number of hydrogen-bond acceptors (Lipinski definition) is 3. The van der Waals surface area contributed by atoms with E-state index >= 15 is 0 Å². The highest BCUT2D eigenvalue weighted by Crippen LogP contribution is 2.20. The number of nitrogens with one attached hydrogen (secondary N) is 1. The molecule has 0 aliphatic carbocycles. The number of Topliss-reactive ketones (excluding diaryl/α,β-unsaturated/α-hetero) is 1. The van der Waals surface area contributed by atoms with Gasteiger partial charge in [0, 0.05) is 36.4 Å². The fourth-order valence-electron chi connectivity index (χ4n) is 2.27. The third-order valence-corrected chi connectivity index (χ3v) is 3.37. The molecule has 17 heavy (non-hydrogen) atoms. The van der Waals surface area contributed by atoms with E-state index in [0.717, 1.165) is 18.7 Å². The van der Waals surface area contributed by atoms with Crippen LogP contribution in [0, 0.1) is 0 Å². The van der Waals surface area contributed by atoms with Gasteiger partial charge in [-0.2, -0.15) is 0 Å². The number of rotatable bonds is 2. The SMILES string of the molecule is CC(=O)c1ccc(N2C[C@@H](C)NC[C@@H]2C)cc1. The molecule has 3 heteroatoms. The third-order valence-electron chi connectivity index (χ3n) is 3.37. The molecule has 1 N–H and O–H groups in total. The Morgan fingerprint density at radius 2 is 1.94 bits per heavy atom. The minimum atomic E-state index is 0.123. The van der Waals surface area contributed by atoms with Crippen LogP contribution in [0.5, 0.6) is 0 Å².